The van der Waals surface area contributed by atoms with Crippen LogP contribution < -0.4 is 0 Å². The second-order valence-electron chi connectivity index (χ2n) is 2.98. The Morgan fingerprint density at radius 1 is 1.55 bits per heavy atom. The van der Waals surface area contributed by atoms with E-state index in [4.69, 9.17) is 11.6 Å². The summed E-state index contributed by atoms with van der Waals surface area (Å²) in [5, 5.41) is 0. The van der Waals surface area contributed by atoms with Crippen LogP contribution in [0.3, 0.4) is 0 Å². The first-order chi connectivity index (χ1) is 5.15. The summed E-state index contributed by atoms with van der Waals surface area (Å²) in [5.41, 5.74) is 2.05. The predicted octanol–water partition coefficient (Wildman–Crippen LogP) is 2.58. The molecule has 1 aromatic rings. The minimum atomic E-state index is 0.450. The summed E-state index contributed by atoms with van der Waals surface area (Å²) in [4.78, 5) is 7.54. The molecule has 0 radical (unpaired) electrons. The quantitative estimate of drug-likeness (QED) is 0.683. The number of aromatic amines is 1. The first-order valence-electron chi connectivity index (χ1n) is 3.76. The van der Waals surface area contributed by atoms with Gasteiger partial charge in [-0.25, -0.2) is 4.98 Å². The standard InChI is InChI=1S/C8H13ClN2/c1-5(2)8-10-6(3)7(4-9)11-8/h5H,4H2,1-3H3,(H,10,11). The van der Waals surface area contributed by atoms with Gasteiger partial charge in [0.05, 0.1) is 11.6 Å². The molecule has 3 heteroatoms. The highest BCUT2D eigenvalue weighted by Crippen LogP contribution is 2.14. The molecule has 0 aliphatic heterocycles. The van der Waals surface area contributed by atoms with E-state index in [1.807, 2.05) is 6.92 Å². The summed E-state index contributed by atoms with van der Waals surface area (Å²) in [6.07, 6.45) is 0. The van der Waals surface area contributed by atoms with Gasteiger partial charge in [-0.05, 0) is 6.92 Å². The molecular weight excluding hydrogens is 160 g/mol. The van der Waals surface area contributed by atoms with Crippen LogP contribution in [0.25, 0.3) is 0 Å². The summed E-state index contributed by atoms with van der Waals surface area (Å²) in [7, 11) is 0. The minimum Gasteiger partial charge on any atom is -0.346 e. The van der Waals surface area contributed by atoms with E-state index < -0.39 is 0 Å². The number of halogens is 1. The van der Waals surface area contributed by atoms with Crippen molar-refractivity contribution in [1.29, 1.82) is 0 Å². The average molecular weight is 173 g/mol. The molecule has 0 amide bonds. The van der Waals surface area contributed by atoms with Gasteiger partial charge < -0.3 is 4.98 Å². The normalized spacial score (nSPS) is 11.0. The van der Waals surface area contributed by atoms with Gasteiger partial charge in [0.15, 0.2) is 0 Å². The number of nitrogens with zero attached hydrogens (tertiary/aromatic N) is 1. The molecule has 0 aromatic carbocycles. The zero-order valence-electron chi connectivity index (χ0n) is 7.11. The molecule has 1 aromatic heterocycles. The van der Waals surface area contributed by atoms with Crippen molar-refractivity contribution in [2.45, 2.75) is 32.6 Å². The van der Waals surface area contributed by atoms with Crippen LogP contribution in [0.4, 0.5) is 0 Å². The first-order valence-corrected chi connectivity index (χ1v) is 4.30. The fourth-order valence-electron chi connectivity index (χ4n) is 0.925. The fraction of sp³-hybridized carbons (Fsp3) is 0.625. The summed E-state index contributed by atoms with van der Waals surface area (Å²) in [5.74, 6) is 1.97. The maximum atomic E-state index is 5.67. The number of rotatable bonds is 2. The average Bonchev–Trinajstić information content (AvgIpc) is 2.31. The Bertz CT molecular complexity index is 240. The molecule has 1 rings (SSSR count). The Labute approximate surface area is 72.0 Å². The number of aryl methyl sites for hydroxylation is 1. The molecule has 0 fully saturated rings. The second kappa shape index (κ2) is 3.26. The van der Waals surface area contributed by atoms with Crippen molar-refractivity contribution < 1.29 is 0 Å². The van der Waals surface area contributed by atoms with Crippen molar-refractivity contribution in [3.63, 3.8) is 0 Å². The Balaban J connectivity index is 2.95. The van der Waals surface area contributed by atoms with Crippen LogP contribution in [0.15, 0.2) is 0 Å². The van der Waals surface area contributed by atoms with Crippen LogP contribution in [-0.4, -0.2) is 9.97 Å². The van der Waals surface area contributed by atoms with E-state index in [0.29, 0.717) is 11.8 Å². The number of imidazole rings is 1. The number of H-pyrrole nitrogens is 1. The summed E-state index contributed by atoms with van der Waals surface area (Å²) < 4.78 is 0. The van der Waals surface area contributed by atoms with Crippen LogP contribution in [0.2, 0.25) is 0 Å². The first kappa shape index (κ1) is 8.60. The van der Waals surface area contributed by atoms with Crippen molar-refractivity contribution >= 4 is 11.6 Å². The molecule has 62 valence electrons. The van der Waals surface area contributed by atoms with Gasteiger partial charge in [0.25, 0.3) is 0 Å². The Morgan fingerprint density at radius 2 is 2.18 bits per heavy atom. The Kier molecular flexibility index (Phi) is 2.55. The highest BCUT2D eigenvalue weighted by atomic mass is 35.5. The number of aromatic nitrogens is 2. The smallest absolute Gasteiger partial charge is 0.109 e. The molecule has 1 N–H and O–H groups in total. The lowest BCUT2D eigenvalue weighted by Crippen LogP contribution is -1.89. The molecular formula is C8H13ClN2. The van der Waals surface area contributed by atoms with Gasteiger partial charge in [0, 0.05) is 11.6 Å². The number of hydrogen-bond donors (Lipinski definition) is 1. The molecule has 0 spiro atoms. The third-order valence-corrected chi connectivity index (χ3v) is 1.93. The topological polar surface area (TPSA) is 28.7 Å². The third-order valence-electron chi connectivity index (χ3n) is 1.68. The van der Waals surface area contributed by atoms with Crippen LogP contribution in [0, 0.1) is 6.92 Å². The van der Waals surface area contributed by atoms with Gasteiger partial charge >= 0.3 is 0 Å². The maximum Gasteiger partial charge on any atom is 0.109 e. The molecule has 0 aliphatic carbocycles. The SMILES string of the molecule is Cc1[nH]c(C(C)C)nc1CCl. The van der Waals surface area contributed by atoms with Crippen LogP contribution >= 0.6 is 11.6 Å². The van der Waals surface area contributed by atoms with Crippen molar-refractivity contribution in [2.75, 3.05) is 0 Å². The van der Waals surface area contributed by atoms with Gasteiger partial charge in [-0.15, -0.1) is 11.6 Å². The van der Waals surface area contributed by atoms with Crippen LogP contribution in [0.1, 0.15) is 37.0 Å². The van der Waals surface area contributed by atoms with E-state index in [-0.39, 0.29) is 0 Å². The molecule has 0 unspecified atom stereocenters. The number of nitrogens with one attached hydrogen (secondary N) is 1. The summed E-state index contributed by atoms with van der Waals surface area (Å²) in [6.45, 7) is 6.21. The van der Waals surface area contributed by atoms with E-state index in [1.54, 1.807) is 0 Å². The molecule has 0 saturated heterocycles. The van der Waals surface area contributed by atoms with Gasteiger partial charge in [0.1, 0.15) is 5.82 Å². The van der Waals surface area contributed by atoms with Crippen LogP contribution in [0.5, 0.6) is 0 Å². The zero-order chi connectivity index (χ0) is 8.43. The molecule has 2 nitrogen and oxygen atoms in total. The van der Waals surface area contributed by atoms with Crippen molar-refractivity contribution in [3.8, 4) is 0 Å². The largest absolute Gasteiger partial charge is 0.346 e. The molecule has 0 saturated carbocycles. The minimum absolute atomic E-state index is 0.450. The number of hydrogen-bond acceptors (Lipinski definition) is 1. The highest BCUT2D eigenvalue weighted by Gasteiger charge is 2.07. The molecule has 0 bridgehead atoms. The highest BCUT2D eigenvalue weighted by molar-refractivity contribution is 6.16. The van der Waals surface area contributed by atoms with E-state index in [9.17, 15) is 0 Å². The van der Waals surface area contributed by atoms with Crippen molar-refractivity contribution in [3.05, 3.63) is 17.2 Å². The molecule has 0 atom stereocenters. The summed E-state index contributed by atoms with van der Waals surface area (Å²) >= 11 is 5.67. The Hall–Kier alpha value is -0.500. The van der Waals surface area contributed by atoms with E-state index in [0.717, 1.165) is 17.2 Å². The summed E-state index contributed by atoms with van der Waals surface area (Å²) in [6, 6.07) is 0. The Morgan fingerprint density at radius 3 is 2.45 bits per heavy atom. The lowest BCUT2D eigenvalue weighted by molar-refractivity contribution is 0.789. The monoisotopic (exact) mass is 172 g/mol. The van der Waals surface area contributed by atoms with Gasteiger partial charge in [-0.2, -0.15) is 0 Å². The van der Waals surface area contributed by atoms with Gasteiger partial charge in [-0.3, -0.25) is 0 Å². The van der Waals surface area contributed by atoms with Gasteiger partial charge in [-0.1, -0.05) is 13.8 Å². The van der Waals surface area contributed by atoms with Crippen LogP contribution in [-0.2, 0) is 5.88 Å². The zero-order valence-corrected chi connectivity index (χ0v) is 7.87. The fourth-order valence-corrected chi connectivity index (χ4v) is 1.19. The lowest BCUT2D eigenvalue weighted by atomic mass is 10.2. The molecule has 11 heavy (non-hydrogen) atoms. The number of alkyl halides is 1. The maximum absolute atomic E-state index is 5.67. The van der Waals surface area contributed by atoms with Crippen molar-refractivity contribution in [2.24, 2.45) is 0 Å². The molecule has 0 aliphatic rings. The molecule has 1 heterocycles. The van der Waals surface area contributed by atoms with E-state index in [1.165, 1.54) is 0 Å². The van der Waals surface area contributed by atoms with Gasteiger partial charge in [0.2, 0.25) is 0 Å². The lowest BCUT2D eigenvalue weighted by Gasteiger charge is -1.96. The second-order valence-corrected chi connectivity index (χ2v) is 3.25. The third kappa shape index (κ3) is 1.74. The van der Waals surface area contributed by atoms with E-state index in [2.05, 4.69) is 23.8 Å². The predicted molar refractivity (Wildman–Crippen MR) is 47.0 cm³/mol. The van der Waals surface area contributed by atoms with Crippen molar-refractivity contribution in [1.82, 2.24) is 9.97 Å². The van der Waals surface area contributed by atoms with E-state index >= 15 is 0 Å².